The fourth-order valence-corrected chi connectivity index (χ4v) is 3.20. The molecule has 0 bridgehead atoms. The molecule has 1 aliphatic heterocycles. The number of aryl methyl sites for hydroxylation is 1. The second-order valence-electron chi connectivity index (χ2n) is 6.39. The van der Waals surface area contributed by atoms with E-state index in [2.05, 4.69) is 22.0 Å². The Morgan fingerprint density at radius 2 is 1.89 bits per heavy atom. The smallest absolute Gasteiger partial charge is 0.261 e. The number of oxime groups is 1. The summed E-state index contributed by atoms with van der Waals surface area (Å²) in [6, 6.07) is 11.4. The Morgan fingerprint density at radius 1 is 1.07 bits per heavy atom. The summed E-state index contributed by atoms with van der Waals surface area (Å²) in [5.41, 5.74) is 2.45. The summed E-state index contributed by atoms with van der Waals surface area (Å²) in [5.74, 6) is 6.26. The highest BCUT2D eigenvalue weighted by atomic mass is 19.1. The Hall–Kier alpha value is -3.46. The van der Waals surface area contributed by atoms with Crippen LogP contribution in [0.4, 0.5) is 4.39 Å². The van der Waals surface area contributed by atoms with Crippen molar-refractivity contribution < 1.29 is 9.60 Å². The summed E-state index contributed by atoms with van der Waals surface area (Å²) in [5, 5.41) is 12.8. The number of benzene rings is 2. The van der Waals surface area contributed by atoms with Crippen molar-refractivity contribution in [3.05, 3.63) is 75.6 Å². The minimum Gasteiger partial charge on any atom is -0.411 e. The molecule has 0 unspecified atom stereocenters. The molecule has 3 aromatic rings. The molecule has 5 nitrogen and oxygen atoms in total. The lowest BCUT2D eigenvalue weighted by atomic mass is 10.1. The molecule has 0 amide bonds. The van der Waals surface area contributed by atoms with Gasteiger partial charge in [-0.15, -0.1) is 0 Å². The third kappa shape index (κ3) is 3.44. The van der Waals surface area contributed by atoms with Crippen molar-refractivity contribution in [1.82, 2.24) is 9.55 Å². The average Bonchev–Trinajstić information content (AvgIpc) is 2.89. The fraction of sp³-hybridized carbons (Fsp3) is 0.190. The molecular weight excluding hydrogens is 345 g/mol. The highest BCUT2D eigenvalue weighted by molar-refractivity contribution is 5.84. The lowest BCUT2D eigenvalue weighted by Crippen LogP contribution is -2.24. The predicted octanol–water partition coefficient (Wildman–Crippen LogP) is 3.10. The van der Waals surface area contributed by atoms with Crippen LogP contribution in [-0.2, 0) is 13.0 Å². The molecule has 0 spiro atoms. The lowest BCUT2D eigenvalue weighted by molar-refractivity contribution is 0.316. The second-order valence-corrected chi connectivity index (χ2v) is 6.39. The van der Waals surface area contributed by atoms with E-state index in [9.17, 15) is 9.18 Å². The molecule has 0 saturated heterocycles. The van der Waals surface area contributed by atoms with E-state index in [1.54, 1.807) is 34.9 Å². The maximum atomic E-state index is 13.3. The van der Waals surface area contributed by atoms with Gasteiger partial charge in [-0.3, -0.25) is 9.36 Å². The Kier molecular flexibility index (Phi) is 4.43. The predicted molar refractivity (Wildman–Crippen MR) is 101 cm³/mol. The van der Waals surface area contributed by atoms with E-state index in [0.29, 0.717) is 59.4 Å². The van der Waals surface area contributed by atoms with Gasteiger partial charge in [0.25, 0.3) is 5.56 Å². The molecule has 2 aromatic carbocycles. The monoisotopic (exact) mass is 361 g/mol. The first-order valence-corrected chi connectivity index (χ1v) is 8.65. The molecule has 6 heteroatoms. The molecule has 0 atom stereocenters. The highest BCUT2D eigenvalue weighted by Crippen LogP contribution is 2.15. The highest BCUT2D eigenvalue weighted by Gasteiger charge is 2.16. The summed E-state index contributed by atoms with van der Waals surface area (Å²) in [4.78, 5) is 17.4. The van der Waals surface area contributed by atoms with E-state index >= 15 is 0 Å². The molecule has 0 saturated carbocycles. The van der Waals surface area contributed by atoms with Crippen LogP contribution in [0, 0.1) is 17.7 Å². The standard InChI is InChI=1S/C21H16FN3O2/c22-16-3-1-2-14(12-16)4-5-15-6-8-18-19(13-15)23-20-9-7-17(24-27)10-11-25(20)21(18)26/h1-3,6,8,12-13,27H,7,9-11H2/b24-17-. The van der Waals surface area contributed by atoms with Crippen LogP contribution in [0.15, 0.2) is 52.4 Å². The molecular formula is C21H16FN3O2. The van der Waals surface area contributed by atoms with Crippen LogP contribution >= 0.6 is 0 Å². The zero-order valence-corrected chi connectivity index (χ0v) is 14.4. The third-order valence-electron chi connectivity index (χ3n) is 4.61. The maximum absolute atomic E-state index is 13.3. The van der Waals surface area contributed by atoms with Crippen molar-refractivity contribution in [1.29, 1.82) is 0 Å². The molecule has 0 radical (unpaired) electrons. The van der Waals surface area contributed by atoms with Crippen molar-refractivity contribution in [2.75, 3.05) is 0 Å². The van der Waals surface area contributed by atoms with Crippen LogP contribution in [0.5, 0.6) is 0 Å². The van der Waals surface area contributed by atoms with Crippen LogP contribution in [-0.4, -0.2) is 20.5 Å². The topological polar surface area (TPSA) is 67.5 Å². The van der Waals surface area contributed by atoms with Crippen molar-refractivity contribution in [3.63, 3.8) is 0 Å². The Labute approximate surface area is 154 Å². The number of fused-ring (bicyclic) bond motifs is 2. The third-order valence-corrected chi connectivity index (χ3v) is 4.61. The number of nitrogens with zero attached hydrogens (tertiary/aromatic N) is 3. The van der Waals surface area contributed by atoms with Gasteiger partial charge in [-0.2, -0.15) is 0 Å². The van der Waals surface area contributed by atoms with Crippen molar-refractivity contribution in [2.45, 2.75) is 25.8 Å². The zero-order chi connectivity index (χ0) is 18.8. The summed E-state index contributed by atoms with van der Waals surface area (Å²) in [6.45, 7) is 0.456. The number of halogens is 1. The number of aromatic nitrogens is 2. The largest absolute Gasteiger partial charge is 0.411 e. The van der Waals surface area contributed by atoms with Crippen LogP contribution in [0.1, 0.15) is 29.8 Å². The molecule has 1 aromatic heterocycles. The summed E-state index contributed by atoms with van der Waals surface area (Å²) in [7, 11) is 0. The van der Waals surface area contributed by atoms with Crippen molar-refractivity contribution >= 4 is 16.6 Å². The zero-order valence-electron chi connectivity index (χ0n) is 14.4. The Morgan fingerprint density at radius 3 is 2.67 bits per heavy atom. The Bertz CT molecular complexity index is 1190. The van der Waals surface area contributed by atoms with Gasteiger partial charge < -0.3 is 5.21 Å². The van der Waals surface area contributed by atoms with Gasteiger partial charge in [-0.25, -0.2) is 9.37 Å². The van der Waals surface area contributed by atoms with E-state index < -0.39 is 0 Å². The van der Waals surface area contributed by atoms with Gasteiger partial charge in [0, 0.05) is 30.5 Å². The first-order valence-electron chi connectivity index (χ1n) is 8.65. The molecule has 0 fully saturated rings. The van der Waals surface area contributed by atoms with Crippen LogP contribution < -0.4 is 5.56 Å². The molecule has 1 aliphatic rings. The van der Waals surface area contributed by atoms with Crippen LogP contribution in [0.3, 0.4) is 0 Å². The number of rotatable bonds is 0. The molecule has 2 heterocycles. The fourth-order valence-electron chi connectivity index (χ4n) is 3.20. The van der Waals surface area contributed by atoms with E-state index in [1.807, 2.05) is 0 Å². The minimum absolute atomic E-state index is 0.0983. The van der Waals surface area contributed by atoms with Gasteiger partial charge in [0.2, 0.25) is 0 Å². The number of hydrogen-bond acceptors (Lipinski definition) is 4. The Balaban J connectivity index is 1.75. The summed E-state index contributed by atoms with van der Waals surface area (Å²) < 4.78 is 14.9. The molecule has 4 rings (SSSR count). The van der Waals surface area contributed by atoms with Crippen LogP contribution in [0.2, 0.25) is 0 Å². The van der Waals surface area contributed by atoms with E-state index in [0.717, 1.165) is 0 Å². The minimum atomic E-state index is -0.330. The normalized spacial score (nSPS) is 15.1. The van der Waals surface area contributed by atoms with Gasteiger partial charge in [0.05, 0.1) is 16.6 Å². The summed E-state index contributed by atoms with van der Waals surface area (Å²) >= 11 is 0. The first kappa shape index (κ1) is 17.0. The van der Waals surface area contributed by atoms with Gasteiger partial charge in [-0.1, -0.05) is 23.1 Å². The average molecular weight is 361 g/mol. The van der Waals surface area contributed by atoms with Gasteiger partial charge >= 0.3 is 0 Å². The number of hydrogen-bond donors (Lipinski definition) is 1. The van der Waals surface area contributed by atoms with E-state index in [4.69, 9.17) is 5.21 Å². The van der Waals surface area contributed by atoms with Gasteiger partial charge in [0.15, 0.2) is 0 Å². The van der Waals surface area contributed by atoms with Gasteiger partial charge in [-0.05, 0) is 42.8 Å². The first-order chi connectivity index (χ1) is 13.1. The van der Waals surface area contributed by atoms with Crippen molar-refractivity contribution in [2.24, 2.45) is 5.16 Å². The quantitative estimate of drug-likeness (QED) is 0.380. The van der Waals surface area contributed by atoms with Crippen LogP contribution in [0.25, 0.3) is 10.9 Å². The molecule has 134 valence electrons. The molecule has 0 aliphatic carbocycles. The maximum Gasteiger partial charge on any atom is 0.261 e. The van der Waals surface area contributed by atoms with Gasteiger partial charge in [0.1, 0.15) is 11.6 Å². The lowest BCUT2D eigenvalue weighted by Gasteiger charge is -2.09. The van der Waals surface area contributed by atoms with E-state index in [1.165, 1.54) is 12.1 Å². The second kappa shape index (κ2) is 7.04. The van der Waals surface area contributed by atoms with Crippen molar-refractivity contribution in [3.8, 4) is 11.8 Å². The SMILES string of the molecule is O=c1c2ccc(C#Cc3cccc(F)c3)cc2nc2n1CC/C(=N\O)CC2. The molecule has 1 N–H and O–H groups in total. The van der Waals surface area contributed by atoms with E-state index in [-0.39, 0.29) is 11.4 Å². The molecule has 27 heavy (non-hydrogen) atoms. The summed E-state index contributed by atoms with van der Waals surface area (Å²) in [6.07, 6.45) is 1.66.